The van der Waals surface area contributed by atoms with Crippen LogP contribution < -0.4 is 0 Å². The molecule has 0 bridgehead atoms. The van der Waals surface area contributed by atoms with Gasteiger partial charge < -0.3 is 8.98 Å². The number of hydrogen-bond donors (Lipinski definition) is 0. The predicted molar refractivity (Wildman–Crippen MR) is 290 cm³/mol. The van der Waals surface area contributed by atoms with Gasteiger partial charge in [0.2, 0.25) is 11.8 Å². The van der Waals surface area contributed by atoms with E-state index >= 15 is 0 Å². The summed E-state index contributed by atoms with van der Waals surface area (Å²) in [5.74, 6) is 2.27. The Bertz CT molecular complexity index is 4340. The maximum atomic E-state index is 7.04. The van der Waals surface area contributed by atoms with Gasteiger partial charge in [-0.1, -0.05) is 206 Å². The minimum Gasteiger partial charge on any atom is -0.434 e. The summed E-state index contributed by atoms with van der Waals surface area (Å²) in [5, 5.41) is 4.39. The molecule has 336 valence electrons. The molecule has 1 aliphatic carbocycles. The van der Waals surface area contributed by atoms with Crippen molar-refractivity contribution in [3.8, 4) is 57.0 Å². The largest absolute Gasteiger partial charge is 0.434 e. The van der Waals surface area contributed by atoms with Crippen molar-refractivity contribution < 1.29 is 4.42 Å². The summed E-state index contributed by atoms with van der Waals surface area (Å²) in [6.45, 7) is 0. The van der Waals surface area contributed by atoms with Gasteiger partial charge in [0.15, 0.2) is 17.2 Å². The van der Waals surface area contributed by atoms with Crippen LogP contribution in [-0.2, 0) is 5.41 Å². The summed E-state index contributed by atoms with van der Waals surface area (Å²) < 4.78 is 11.6. The Balaban J connectivity index is 0.947. The third-order valence-electron chi connectivity index (χ3n) is 14.7. The Kier molecular flexibility index (Phi) is 8.74. The molecule has 7 heteroatoms. The molecule has 15 rings (SSSR count). The van der Waals surface area contributed by atoms with Gasteiger partial charge in [-0.3, -0.25) is 4.57 Å². The smallest absolute Gasteiger partial charge is 0.238 e. The Morgan fingerprint density at radius 2 is 0.847 bits per heavy atom. The molecule has 7 nitrogen and oxygen atoms in total. The molecule has 0 unspecified atom stereocenters. The lowest BCUT2D eigenvalue weighted by Crippen LogP contribution is -2.28. The standard InChI is InChI=1S/C65H40N6O/c1-4-19-41(20-5-1)61-67-62(42-21-6-2-7-22-42)69-64(68-61)71-56-33-17-13-28-49(56)51-40-39-50-48-27-12-16-32-55(48)70(58(50)59(51)71)57-34-18-31-54-60(57)72-63(66-54)43-35-37-45(38-36-43)65(44-23-8-3-9-24-44)52-29-14-10-25-46(52)47-26-11-15-30-53(47)65/h1-40H. The Morgan fingerprint density at radius 3 is 1.46 bits per heavy atom. The topological polar surface area (TPSA) is 74.6 Å². The lowest BCUT2D eigenvalue weighted by atomic mass is 9.67. The Hall–Kier alpha value is -9.72. The Labute approximate surface area is 413 Å². The van der Waals surface area contributed by atoms with Crippen molar-refractivity contribution in [1.82, 2.24) is 29.1 Å². The lowest BCUT2D eigenvalue weighted by molar-refractivity contribution is 0.618. The first-order chi connectivity index (χ1) is 35.7. The first-order valence-electron chi connectivity index (χ1n) is 24.3. The Morgan fingerprint density at radius 1 is 0.347 bits per heavy atom. The molecule has 0 saturated carbocycles. The monoisotopic (exact) mass is 920 g/mol. The highest BCUT2D eigenvalue weighted by Crippen LogP contribution is 2.56. The maximum Gasteiger partial charge on any atom is 0.238 e. The van der Waals surface area contributed by atoms with Crippen LogP contribution in [0.5, 0.6) is 0 Å². The molecule has 0 spiro atoms. The number of fused-ring (bicyclic) bond motifs is 11. The molecule has 4 aromatic heterocycles. The summed E-state index contributed by atoms with van der Waals surface area (Å²) >= 11 is 0. The summed E-state index contributed by atoms with van der Waals surface area (Å²) in [6, 6.07) is 85.6. The fourth-order valence-corrected chi connectivity index (χ4v) is 11.7. The molecule has 0 saturated heterocycles. The third kappa shape index (κ3) is 5.79. The van der Waals surface area contributed by atoms with Crippen molar-refractivity contribution in [2.24, 2.45) is 0 Å². The van der Waals surface area contributed by atoms with Gasteiger partial charge in [0.25, 0.3) is 0 Å². The van der Waals surface area contributed by atoms with Crippen LogP contribution in [0.4, 0.5) is 0 Å². The minimum atomic E-state index is -0.501. The van der Waals surface area contributed by atoms with Gasteiger partial charge in [0, 0.05) is 38.2 Å². The molecule has 1 aliphatic rings. The number of benzene rings is 10. The van der Waals surface area contributed by atoms with E-state index in [1.807, 2.05) is 66.7 Å². The van der Waals surface area contributed by atoms with Crippen molar-refractivity contribution >= 4 is 54.7 Å². The van der Waals surface area contributed by atoms with Crippen LogP contribution in [0.15, 0.2) is 247 Å². The van der Waals surface area contributed by atoms with Gasteiger partial charge in [0.05, 0.1) is 33.2 Å². The van der Waals surface area contributed by atoms with Crippen molar-refractivity contribution in [2.45, 2.75) is 5.41 Å². The number of rotatable bonds is 7. The molecule has 0 fully saturated rings. The number of para-hydroxylation sites is 3. The average Bonchev–Trinajstić information content (AvgIpc) is 4.22. The molecule has 0 N–H and O–H groups in total. The molecule has 10 aromatic carbocycles. The molecule has 0 aliphatic heterocycles. The van der Waals surface area contributed by atoms with Gasteiger partial charge >= 0.3 is 0 Å². The van der Waals surface area contributed by atoms with Crippen molar-refractivity contribution in [3.05, 3.63) is 265 Å². The second-order valence-corrected chi connectivity index (χ2v) is 18.5. The maximum absolute atomic E-state index is 7.04. The van der Waals surface area contributed by atoms with Crippen LogP contribution >= 0.6 is 0 Å². The second kappa shape index (κ2) is 15.7. The van der Waals surface area contributed by atoms with E-state index in [2.05, 4.69) is 185 Å². The van der Waals surface area contributed by atoms with Crippen LogP contribution in [0, 0.1) is 0 Å². The first-order valence-corrected chi connectivity index (χ1v) is 24.3. The molecular formula is C65H40N6O. The number of oxazole rings is 1. The SMILES string of the molecule is c1ccc(-c2nc(-c3ccccc3)nc(-n3c4ccccc4c4ccc5c6ccccc6n(-c6cccc7nc(-c8ccc(C9(c%10ccccc%10)c%10ccccc%10-c%10ccccc%109)cc8)oc67)c5c43)n2)cc1. The molecule has 14 aromatic rings. The van der Waals surface area contributed by atoms with E-state index in [1.54, 1.807) is 0 Å². The molecular weight excluding hydrogens is 881 g/mol. The van der Waals surface area contributed by atoms with Crippen LogP contribution in [0.1, 0.15) is 22.3 Å². The number of nitrogens with zero attached hydrogens (tertiary/aromatic N) is 6. The fraction of sp³-hybridized carbons (Fsp3) is 0.0154. The van der Waals surface area contributed by atoms with E-state index in [1.165, 1.54) is 33.4 Å². The van der Waals surface area contributed by atoms with Crippen molar-refractivity contribution in [3.63, 3.8) is 0 Å². The normalized spacial score (nSPS) is 12.8. The van der Waals surface area contributed by atoms with E-state index in [0.29, 0.717) is 29.1 Å². The highest BCUT2D eigenvalue weighted by molar-refractivity contribution is 6.24. The quantitative estimate of drug-likeness (QED) is 0.159. The van der Waals surface area contributed by atoms with Gasteiger partial charge in [-0.05, 0) is 69.8 Å². The fourth-order valence-electron chi connectivity index (χ4n) is 11.7. The van der Waals surface area contributed by atoms with Crippen molar-refractivity contribution in [1.29, 1.82) is 0 Å². The zero-order chi connectivity index (χ0) is 47.3. The van der Waals surface area contributed by atoms with Gasteiger partial charge in [0.1, 0.15) is 5.52 Å². The molecule has 0 amide bonds. The number of aromatic nitrogens is 6. The van der Waals surface area contributed by atoms with E-state index < -0.39 is 5.41 Å². The second-order valence-electron chi connectivity index (χ2n) is 18.5. The highest BCUT2D eigenvalue weighted by atomic mass is 16.3. The lowest BCUT2D eigenvalue weighted by Gasteiger charge is -2.33. The van der Waals surface area contributed by atoms with Crippen LogP contribution in [-0.4, -0.2) is 29.1 Å². The van der Waals surface area contributed by atoms with E-state index in [-0.39, 0.29) is 0 Å². The van der Waals surface area contributed by atoms with Crippen molar-refractivity contribution in [2.75, 3.05) is 0 Å². The molecule has 72 heavy (non-hydrogen) atoms. The predicted octanol–water partition coefficient (Wildman–Crippen LogP) is 15.6. The molecule has 4 heterocycles. The molecule has 0 atom stereocenters. The minimum absolute atomic E-state index is 0.501. The van der Waals surface area contributed by atoms with Gasteiger partial charge in [-0.2, -0.15) is 9.97 Å². The molecule has 0 radical (unpaired) electrons. The zero-order valence-electron chi connectivity index (χ0n) is 38.7. The van der Waals surface area contributed by atoms with E-state index in [4.69, 9.17) is 24.4 Å². The van der Waals surface area contributed by atoms with Crippen LogP contribution in [0.3, 0.4) is 0 Å². The van der Waals surface area contributed by atoms with Gasteiger partial charge in [-0.25, -0.2) is 9.97 Å². The van der Waals surface area contributed by atoms with E-state index in [9.17, 15) is 0 Å². The summed E-state index contributed by atoms with van der Waals surface area (Å²) in [6.07, 6.45) is 0. The summed E-state index contributed by atoms with van der Waals surface area (Å²) in [4.78, 5) is 20.9. The summed E-state index contributed by atoms with van der Waals surface area (Å²) in [7, 11) is 0. The first kappa shape index (κ1) is 40.2. The average molecular weight is 921 g/mol. The van der Waals surface area contributed by atoms with Crippen LogP contribution in [0.25, 0.3) is 112 Å². The highest BCUT2D eigenvalue weighted by Gasteiger charge is 2.45. The van der Waals surface area contributed by atoms with Crippen LogP contribution in [0.2, 0.25) is 0 Å². The van der Waals surface area contributed by atoms with Gasteiger partial charge in [-0.15, -0.1) is 0 Å². The number of hydrogen-bond acceptors (Lipinski definition) is 5. The third-order valence-corrected chi connectivity index (χ3v) is 14.7. The zero-order valence-corrected chi connectivity index (χ0v) is 38.7. The van der Waals surface area contributed by atoms with E-state index in [0.717, 1.165) is 71.5 Å². The summed E-state index contributed by atoms with van der Waals surface area (Å²) in [5.41, 5.74) is 16.0.